The molecule has 0 fully saturated rings. The summed E-state index contributed by atoms with van der Waals surface area (Å²) in [5.41, 5.74) is 3.36. The number of oxime groups is 1. The number of rotatable bonds is 5. The smallest absolute Gasteiger partial charge is 0.326 e. The molecule has 1 aliphatic rings. The summed E-state index contributed by atoms with van der Waals surface area (Å²) in [6.07, 6.45) is 2.80. The quantitative estimate of drug-likeness (QED) is 0.545. The van der Waals surface area contributed by atoms with Crippen LogP contribution in [0, 0.1) is 6.92 Å². The van der Waals surface area contributed by atoms with E-state index in [0.717, 1.165) is 39.6 Å². The summed E-state index contributed by atoms with van der Waals surface area (Å²) in [6.45, 7) is 3.82. The number of aromatic nitrogens is 1. The average Bonchev–Trinajstić information content (AvgIpc) is 2.90. The topological polar surface area (TPSA) is 74.8 Å². The molecule has 2 N–H and O–H groups in total. The number of fused-ring (bicyclic) bond motifs is 1. The summed E-state index contributed by atoms with van der Waals surface area (Å²) in [5, 5.41) is 23.4. The Morgan fingerprint density at radius 2 is 2.04 bits per heavy atom. The zero-order valence-corrected chi connectivity index (χ0v) is 16.3. The number of carbonyl (C=O) groups is 1. The highest BCUT2D eigenvalue weighted by atomic mass is 35.5. The molecule has 5 nitrogen and oxygen atoms in total. The highest BCUT2D eigenvalue weighted by molar-refractivity contribution is 7.99. The van der Waals surface area contributed by atoms with Gasteiger partial charge in [0.25, 0.3) is 0 Å². The third kappa shape index (κ3) is 3.35. The van der Waals surface area contributed by atoms with Gasteiger partial charge in [-0.2, -0.15) is 0 Å². The van der Waals surface area contributed by atoms with Gasteiger partial charge in [-0.05, 0) is 56.9 Å². The standard InChI is InChI=1S/C19H21ClN2O3S/c1-3-15(19(23)24)22-11(2)18(26-13-9-7-12(20)8-10-13)17-14(21-25)5-4-6-16(17)22/h7-10,15,25H,3-6H2,1-2H3,(H,23,24). The average molecular weight is 393 g/mol. The molecule has 1 heterocycles. The minimum Gasteiger partial charge on any atom is -0.480 e. The largest absolute Gasteiger partial charge is 0.480 e. The Balaban J connectivity index is 2.18. The van der Waals surface area contributed by atoms with Crippen LogP contribution in [0.5, 0.6) is 0 Å². The molecular weight excluding hydrogens is 372 g/mol. The number of halogens is 1. The molecule has 2 aromatic rings. The van der Waals surface area contributed by atoms with Gasteiger partial charge in [0.05, 0.1) is 5.71 Å². The minimum absolute atomic E-state index is 0.494. The number of hydrogen-bond acceptors (Lipinski definition) is 4. The minimum atomic E-state index is -0.843. The van der Waals surface area contributed by atoms with Crippen molar-refractivity contribution < 1.29 is 15.1 Å². The molecule has 0 amide bonds. The van der Waals surface area contributed by atoms with Crippen LogP contribution >= 0.6 is 23.4 Å². The van der Waals surface area contributed by atoms with E-state index in [9.17, 15) is 15.1 Å². The molecule has 0 saturated heterocycles. The van der Waals surface area contributed by atoms with Gasteiger partial charge in [-0.3, -0.25) is 0 Å². The first-order valence-electron chi connectivity index (χ1n) is 8.59. The van der Waals surface area contributed by atoms with Gasteiger partial charge >= 0.3 is 5.97 Å². The maximum atomic E-state index is 11.8. The summed E-state index contributed by atoms with van der Waals surface area (Å²) in [5.74, 6) is -0.843. The maximum absolute atomic E-state index is 11.8. The molecule has 0 aliphatic heterocycles. The normalized spacial score (nSPS) is 16.5. The van der Waals surface area contributed by atoms with E-state index in [1.54, 1.807) is 11.8 Å². The van der Waals surface area contributed by atoms with Crippen molar-refractivity contribution in [3.8, 4) is 0 Å². The number of benzene rings is 1. The molecule has 0 bridgehead atoms. The summed E-state index contributed by atoms with van der Waals surface area (Å²) >= 11 is 7.53. The summed E-state index contributed by atoms with van der Waals surface area (Å²) in [7, 11) is 0. The van der Waals surface area contributed by atoms with Crippen molar-refractivity contribution in [1.29, 1.82) is 0 Å². The predicted octanol–water partition coefficient (Wildman–Crippen LogP) is 5.15. The highest BCUT2D eigenvalue weighted by Crippen LogP contribution is 2.42. The first-order valence-corrected chi connectivity index (χ1v) is 9.78. The van der Waals surface area contributed by atoms with E-state index >= 15 is 0 Å². The Morgan fingerprint density at radius 3 is 2.62 bits per heavy atom. The van der Waals surface area contributed by atoms with Crippen molar-refractivity contribution in [2.75, 3.05) is 0 Å². The van der Waals surface area contributed by atoms with Crippen molar-refractivity contribution in [1.82, 2.24) is 4.57 Å². The fraction of sp³-hybridized carbons (Fsp3) is 0.368. The van der Waals surface area contributed by atoms with E-state index < -0.39 is 12.0 Å². The van der Waals surface area contributed by atoms with E-state index in [4.69, 9.17) is 11.6 Å². The van der Waals surface area contributed by atoms with Gasteiger partial charge < -0.3 is 14.9 Å². The number of carboxylic acid groups (broad SMARTS) is 1. The second kappa shape index (κ2) is 7.76. The van der Waals surface area contributed by atoms with Gasteiger partial charge in [0.1, 0.15) is 6.04 Å². The molecule has 138 valence electrons. The second-order valence-electron chi connectivity index (χ2n) is 6.32. The third-order valence-corrected chi connectivity index (χ3v) is 6.21. The number of hydrogen-bond donors (Lipinski definition) is 2. The van der Waals surface area contributed by atoms with Crippen LogP contribution in [0.25, 0.3) is 0 Å². The molecule has 0 saturated carbocycles. The van der Waals surface area contributed by atoms with E-state index in [0.29, 0.717) is 23.6 Å². The number of aliphatic carboxylic acids is 1. The Labute approximate surface area is 161 Å². The molecule has 0 spiro atoms. The molecule has 0 radical (unpaired) electrons. The Kier molecular flexibility index (Phi) is 5.63. The van der Waals surface area contributed by atoms with E-state index in [1.807, 2.05) is 42.7 Å². The maximum Gasteiger partial charge on any atom is 0.326 e. The highest BCUT2D eigenvalue weighted by Gasteiger charge is 2.32. The molecule has 3 rings (SSSR count). The van der Waals surface area contributed by atoms with Crippen LogP contribution < -0.4 is 0 Å². The Hall–Kier alpha value is -1.92. The van der Waals surface area contributed by atoms with Gasteiger partial charge in [-0.25, -0.2) is 4.79 Å². The summed E-state index contributed by atoms with van der Waals surface area (Å²) < 4.78 is 1.92. The van der Waals surface area contributed by atoms with Crippen LogP contribution in [0.3, 0.4) is 0 Å². The molecule has 1 aromatic carbocycles. The lowest BCUT2D eigenvalue weighted by atomic mass is 9.95. The molecule has 1 unspecified atom stereocenters. The van der Waals surface area contributed by atoms with Crippen molar-refractivity contribution in [2.45, 2.75) is 55.4 Å². The monoisotopic (exact) mass is 392 g/mol. The van der Waals surface area contributed by atoms with Crippen molar-refractivity contribution in [3.63, 3.8) is 0 Å². The van der Waals surface area contributed by atoms with E-state index in [-0.39, 0.29) is 0 Å². The van der Waals surface area contributed by atoms with Crippen LogP contribution in [0.2, 0.25) is 5.02 Å². The number of carboxylic acids is 1. The van der Waals surface area contributed by atoms with E-state index in [2.05, 4.69) is 5.16 Å². The number of nitrogens with zero attached hydrogens (tertiary/aromatic N) is 2. The zero-order valence-electron chi connectivity index (χ0n) is 14.7. The first-order chi connectivity index (χ1) is 12.5. The molecular formula is C19H21ClN2O3S. The van der Waals surface area contributed by atoms with Gasteiger partial charge in [0.15, 0.2) is 0 Å². The first kappa shape index (κ1) is 18.9. The predicted molar refractivity (Wildman–Crippen MR) is 103 cm³/mol. The Morgan fingerprint density at radius 1 is 1.35 bits per heavy atom. The van der Waals surface area contributed by atoms with Crippen LogP contribution in [0.1, 0.15) is 49.2 Å². The molecule has 26 heavy (non-hydrogen) atoms. The van der Waals surface area contributed by atoms with Crippen LogP contribution in [0.4, 0.5) is 0 Å². The van der Waals surface area contributed by atoms with Crippen molar-refractivity contribution in [3.05, 3.63) is 46.2 Å². The third-order valence-electron chi connectivity index (χ3n) is 4.75. The summed E-state index contributed by atoms with van der Waals surface area (Å²) in [6, 6.07) is 6.90. The fourth-order valence-electron chi connectivity index (χ4n) is 3.57. The lowest BCUT2D eigenvalue weighted by Gasteiger charge is -2.21. The van der Waals surface area contributed by atoms with Gasteiger partial charge in [0.2, 0.25) is 0 Å². The zero-order chi connectivity index (χ0) is 18.8. The van der Waals surface area contributed by atoms with Gasteiger partial charge in [-0.15, -0.1) is 0 Å². The fourth-order valence-corrected chi connectivity index (χ4v) is 4.79. The van der Waals surface area contributed by atoms with Gasteiger partial charge in [-0.1, -0.05) is 35.4 Å². The molecule has 7 heteroatoms. The van der Waals surface area contributed by atoms with Crippen molar-refractivity contribution in [2.24, 2.45) is 5.16 Å². The molecule has 1 aliphatic carbocycles. The van der Waals surface area contributed by atoms with Gasteiger partial charge in [0, 0.05) is 31.8 Å². The van der Waals surface area contributed by atoms with Crippen LogP contribution in [0.15, 0.2) is 39.2 Å². The van der Waals surface area contributed by atoms with E-state index in [1.165, 1.54) is 0 Å². The lowest BCUT2D eigenvalue weighted by Crippen LogP contribution is -2.23. The Bertz CT molecular complexity index is 859. The van der Waals surface area contributed by atoms with Crippen LogP contribution in [-0.2, 0) is 11.2 Å². The van der Waals surface area contributed by atoms with Crippen molar-refractivity contribution >= 4 is 35.0 Å². The lowest BCUT2D eigenvalue weighted by molar-refractivity contribution is -0.141. The second-order valence-corrected chi connectivity index (χ2v) is 7.84. The molecule has 1 aromatic heterocycles. The SMILES string of the molecule is CCC(C(=O)O)n1c(C)c(Sc2ccc(Cl)cc2)c2c1CCCC2=NO. The summed E-state index contributed by atoms with van der Waals surface area (Å²) in [4.78, 5) is 13.8. The van der Waals surface area contributed by atoms with Crippen LogP contribution in [-0.4, -0.2) is 26.6 Å². The molecule has 1 atom stereocenters.